The molecule has 7 heteroatoms. The van der Waals surface area contributed by atoms with Crippen LogP contribution in [0.4, 0.5) is 0 Å². The lowest BCUT2D eigenvalue weighted by molar-refractivity contribution is -0.139. The molecule has 0 aliphatic rings. The topological polar surface area (TPSA) is 82.5 Å². The van der Waals surface area contributed by atoms with Gasteiger partial charge in [0.2, 0.25) is 5.88 Å². The lowest BCUT2D eigenvalue weighted by atomic mass is 10.3. The average Bonchev–Trinajstić information content (AvgIpc) is 2.66. The van der Waals surface area contributed by atoms with E-state index in [1.165, 1.54) is 25.1 Å². The zero-order valence-electron chi connectivity index (χ0n) is 9.31. The number of nitrogens with zero attached hydrogens (tertiary/aromatic N) is 2. The van der Waals surface area contributed by atoms with Gasteiger partial charge in [-0.1, -0.05) is 0 Å². The standard InChI is InChI=1S/C9H13N3O4/c1-12-5-6(9(11-12)16-3)8(14)10-4-7(13)15-2/h5H,4H2,1-3H3,(H,10,14). The minimum Gasteiger partial charge on any atom is -0.479 e. The Morgan fingerprint density at radius 3 is 2.75 bits per heavy atom. The molecule has 0 saturated heterocycles. The zero-order valence-corrected chi connectivity index (χ0v) is 9.31. The van der Waals surface area contributed by atoms with Gasteiger partial charge in [-0.3, -0.25) is 14.3 Å². The van der Waals surface area contributed by atoms with Gasteiger partial charge in [-0.15, -0.1) is 5.10 Å². The molecule has 0 atom stereocenters. The summed E-state index contributed by atoms with van der Waals surface area (Å²) in [4.78, 5) is 22.4. The molecule has 0 radical (unpaired) electrons. The fourth-order valence-corrected chi connectivity index (χ4v) is 1.09. The molecule has 1 heterocycles. The Hall–Kier alpha value is -2.05. The summed E-state index contributed by atoms with van der Waals surface area (Å²) >= 11 is 0. The van der Waals surface area contributed by atoms with Crippen molar-refractivity contribution in [3.05, 3.63) is 11.8 Å². The average molecular weight is 227 g/mol. The first-order chi connectivity index (χ1) is 7.58. The van der Waals surface area contributed by atoms with E-state index in [0.717, 1.165) is 0 Å². The van der Waals surface area contributed by atoms with Gasteiger partial charge in [-0.2, -0.15) is 0 Å². The molecule has 16 heavy (non-hydrogen) atoms. The summed E-state index contributed by atoms with van der Waals surface area (Å²) in [6.45, 7) is -0.187. The van der Waals surface area contributed by atoms with Crippen molar-refractivity contribution in [2.75, 3.05) is 20.8 Å². The number of aromatic nitrogens is 2. The largest absolute Gasteiger partial charge is 0.479 e. The van der Waals surface area contributed by atoms with Crippen LogP contribution in [0.5, 0.6) is 5.88 Å². The van der Waals surface area contributed by atoms with E-state index in [0.29, 0.717) is 0 Å². The van der Waals surface area contributed by atoms with Crippen LogP contribution < -0.4 is 10.1 Å². The van der Waals surface area contributed by atoms with Crippen LogP contribution in [0.3, 0.4) is 0 Å². The van der Waals surface area contributed by atoms with Crippen molar-refractivity contribution in [3.63, 3.8) is 0 Å². The van der Waals surface area contributed by atoms with Crippen LogP contribution in [0, 0.1) is 0 Å². The molecule has 1 rings (SSSR count). The molecule has 0 aliphatic carbocycles. The molecule has 0 bridgehead atoms. The van der Waals surface area contributed by atoms with E-state index in [2.05, 4.69) is 15.2 Å². The molecule has 88 valence electrons. The van der Waals surface area contributed by atoms with Gasteiger partial charge in [0.15, 0.2) is 0 Å². The number of ether oxygens (including phenoxy) is 2. The second-order valence-electron chi connectivity index (χ2n) is 2.98. The second-order valence-corrected chi connectivity index (χ2v) is 2.98. The molecule has 0 aromatic carbocycles. The summed E-state index contributed by atoms with van der Waals surface area (Å²) in [6, 6.07) is 0. The number of methoxy groups -OCH3 is 2. The second kappa shape index (κ2) is 5.15. The third kappa shape index (κ3) is 2.72. The Bertz CT molecular complexity index is 399. The number of nitrogens with one attached hydrogen (secondary N) is 1. The maximum atomic E-state index is 11.6. The molecule has 1 amide bonds. The van der Waals surface area contributed by atoms with Crippen LogP contribution in [0.1, 0.15) is 10.4 Å². The zero-order chi connectivity index (χ0) is 12.1. The Labute approximate surface area is 92.3 Å². The van der Waals surface area contributed by atoms with Crippen molar-refractivity contribution >= 4 is 11.9 Å². The number of hydrogen-bond donors (Lipinski definition) is 1. The minimum atomic E-state index is -0.517. The molecule has 1 aromatic heterocycles. The predicted octanol–water partition coefficient (Wildman–Crippen LogP) is -0.669. The Balaban J connectivity index is 2.68. The van der Waals surface area contributed by atoms with E-state index in [1.54, 1.807) is 7.05 Å². The number of carbonyl (C=O) groups is 2. The van der Waals surface area contributed by atoms with Gasteiger partial charge in [0, 0.05) is 13.2 Å². The quantitative estimate of drug-likeness (QED) is 0.690. The lowest BCUT2D eigenvalue weighted by Crippen LogP contribution is -2.30. The van der Waals surface area contributed by atoms with Crippen molar-refractivity contribution in [1.82, 2.24) is 15.1 Å². The fourth-order valence-electron chi connectivity index (χ4n) is 1.09. The number of carbonyl (C=O) groups excluding carboxylic acids is 2. The normalized spacial score (nSPS) is 9.69. The first-order valence-electron chi connectivity index (χ1n) is 4.51. The van der Waals surface area contributed by atoms with Crippen LogP contribution >= 0.6 is 0 Å². The van der Waals surface area contributed by atoms with Crippen molar-refractivity contribution in [1.29, 1.82) is 0 Å². The van der Waals surface area contributed by atoms with Crippen LogP contribution in [0.2, 0.25) is 0 Å². The Morgan fingerprint density at radius 2 is 2.19 bits per heavy atom. The molecule has 0 saturated carbocycles. The highest BCUT2D eigenvalue weighted by molar-refractivity contribution is 5.97. The third-order valence-electron chi connectivity index (χ3n) is 1.85. The van der Waals surface area contributed by atoms with Gasteiger partial charge in [0.05, 0.1) is 14.2 Å². The van der Waals surface area contributed by atoms with Crippen LogP contribution in [0.25, 0.3) is 0 Å². The molecule has 1 aromatic rings. The highest BCUT2D eigenvalue weighted by Gasteiger charge is 2.16. The summed E-state index contributed by atoms with van der Waals surface area (Å²) in [5.41, 5.74) is 0.272. The summed E-state index contributed by atoms with van der Waals surface area (Å²) in [6.07, 6.45) is 1.51. The summed E-state index contributed by atoms with van der Waals surface area (Å²) < 4.78 is 10.8. The Morgan fingerprint density at radius 1 is 1.50 bits per heavy atom. The monoisotopic (exact) mass is 227 g/mol. The van der Waals surface area contributed by atoms with Gasteiger partial charge in [0.25, 0.3) is 5.91 Å². The highest BCUT2D eigenvalue weighted by atomic mass is 16.5. The number of rotatable bonds is 4. The van der Waals surface area contributed by atoms with E-state index < -0.39 is 11.9 Å². The summed E-state index contributed by atoms with van der Waals surface area (Å²) in [5.74, 6) is -0.739. The van der Waals surface area contributed by atoms with Crippen LogP contribution in [-0.4, -0.2) is 42.4 Å². The van der Waals surface area contributed by atoms with E-state index in [4.69, 9.17) is 4.74 Å². The smallest absolute Gasteiger partial charge is 0.325 e. The first kappa shape index (κ1) is 12.0. The molecule has 7 nitrogen and oxygen atoms in total. The Kier molecular flexibility index (Phi) is 3.87. The number of hydrogen-bond acceptors (Lipinski definition) is 5. The van der Waals surface area contributed by atoms with Crippen molar-refractivity contribution < 1.29 is 19.1 Å². The molecular formula is C9H13N3O4. The SMILES string of the molecule is COC(=O)CNC(=O)c1cn(C)nc1OC. The van der Waals surface area contributed by atoms with Crippen LogP contribution in [-0.2, 0) is 16.6 Å². The van der Waals surface area contributed by atoms with E-state index in [1.807, 2.05) is 0 Å². The number of esters is 1. The number of aryl methyl sites for hydroxylation is 1. The van der Waals surface area contributed by atoms with Gasteiger partial charge >= 0.3 is 5.97 Å². The van der Waals surface area contributed by atoms with Crippen molar-refractivity contribution in [2.24, 2.45) is 7.05 Å². The summed E-state index contributed by atoms with van der Waals surface area (Å²) in [7, 11) is 4.33. The van der Waals surface area contributed by atoms with Crippen LogP contribution in [0.15, 0.2) is 6.20 Å². The van der Waals surface area contributed by atoms with Crippen molar-refractivity contribution in [2.45, 2.75) is 0 Å². The molecule has 0 unspecified atom stereocenters. The maximum absolute atomic E-state index is 11.6. The van der Waals surface area contributed by atoms with Gasteiger partial charge < -0.3 is 14.8 Å². The molecule has 0 aliphatic heterocycles. The van der Waals surface area contributed by atoms with Crippen molar-refractivity contribution in [3.8, 4) is 5.88 Å². The third-order valence-corrected chi connectivity index (χ3v) is 1.85. The molecular weight excluding hydrogens is 214 g/mol. The first-order valence-corrected chi connectivity index (χ1v) is 4.51. The van der Waals surface area contributed by atoms with Gasteiger partial charge in [-0.25, -0.2) is 0 Å². The number of amides is 1. The highest BCUT2D eigenvalue weighted by Crippen LogP contribution is 2.13. The fraction of sp³-hybridized carbons (Fsp3) is 0.444. The molecule has 1 N–H and O–H groups in total. The minimum absolute atomic E-state index is 0.187. The van der Waals surface area contributed by atoms with E-state index in [-0.39, 0.29) is 18.0 Å². The predicted molar refractivity (Wildman–Crippen MR) is 54.1 cm³/mol. The van der Waals surface area contributed by atoms with E-state index in [9.17, 15) is 9.59 Å². The molecule has 0 spiro atoms. The van der Waals surface area contributed by atoms with E-state index >= 15 is 0 Å². The molecule has 0 fully saturated rings. The lowest BCUT2D eigenvalue weighted by Gasteiger charge is -2.02. The maximum Gasteiger partial charge on any atom is 0.325 e. The van der Waals surface area contributed by atoms with Gasteiger partial charge in [0.1, 0.15) is 12.1 Å². The summed E-state index contributed by atoms with van der Waals surface area (Å²) in [5, 5.41) is 6.31. The van der Waals surface area contributed by atoms with Gasteiger partial charge in [-0.05, 0) is 0 Å².